The highest BCUT2D eigenvalue weighted by atomic mass is 79.9. The predicted molar refractivity (Wildman–Crippen MR) is 85.8 cm³/mol. The van der Waals surface area contributed by atoms with Crippen LogP contribution in [0, 0.1) is 0 Å². The molecule has 110 valence electrons. The fourth-order valence-corrected chi connectivity index (χ4v) is 3.01. The summed E-state index contributed by atoms with van der Waals surface area (Å²) in [6.45, 7) is 7.16. The number of hydrogen-bond acceptors (Lipinski definition) is 2. The fraction of sp³-hybridized carbons (Fsp3) is 0.533. The van der Waals surface area contributed by atoms with Crippen LogP contribution in [-0.2, 0) is 26.6 Å². The molecule has 0 aromatic carbocycles. The van der Waals surface area contributed by atoms with Gasteiger partial charge in [0.2, 0.25) is 0 Å². The minimum absolute atomic E-state index is 0.845. The summed E-state index contributed by atoms with van der Waals surface area (Å²) in [5.41, 5.74) is 3.66. The standard InChI is InChI=1S/C15H23BrN4/c1-4-7-17-9-12-6-8-20(10-12)11-14-15(16)13(5-2)18-19(14)3/h6,8,10,17H,4-5,7,9,11H2,1-3H3. The summed E-state index contributed by atoms with van der Waals surface area (Å²) in [6, 6.07) is 2.17. The molecule has 0 bridgehead atoms. The van der Waals surface area contributed by atoms with Crippen LogP contribution in [-0.4, -0.2) is 20.9 Å². The summed E-state index contributed by atoms with van der Waals surface area (Å²) < 4.78 is 5.32. The second-order valence-corrected chi connectivity index (χ2v) is 5.85. The van der Waals surface area contributed by atoms with Gasteiger partial charge in [0.15, 0.2) is 0 Å². The molecular formula is C15H23BrN4. The Balaban J connectivity index is 2.05. The number of aryl methyl sites for hydroxylation is 2. The highest BCUT2D eigenvalue weighted by Gasteiger charge is 2.12. The lowest BCUT2D eigenvalue weighted by atomic mass is 10.3. The molecule has 0 spiro atoms. The summed E-state index contributed by atoms with van der Waals surface area (Å²) in [5.74, 6) is 0. The van der Waals surface area contributed by atoms with Gasteiger partial charge >= 0.3 is 0 Å². The van der Waals surface area contributed by atoms with Crippen LogP contribution in [0.4, 0.5) is 0 Å². The molecule has 0 fully saturated rings. The molecule has 2 aromatic heterocycles. The number of rotatable bonds is 7. The molecule has 0 atom stereocenters. The first-order chi connectivity index (χ1) is 9.65. The Labute approximate surface area is 129 Å². The van der Waals surface area contributed by atoms with Gasteiger partial charge in [0.25, 0.3) is 0 Å². The first kappa shape index (κ1) is 15.3. The third-order valence-electron chi connectivity index (χ3n) is 3.40. The van der Waals surface area contributed by atoms with E-state index in [9.17, 15) is 0 Å². The average Bonchev–Trinajstić information content (AvgIpc) is 2.99. The zero-order chi connectivity index (χ0) is 14.5. The van der Waals surface area contributed by atoms with Crippen LogP contribution in [0.15, 0.2) is 22.9 Å². The fourth-order valence-electron chi connectivity index (χ4n) is 2.27. The minimum Gasteiger partial charge on any atom is -0.348 e. The second-order valence-electron chi connectivity index (χ2n) is 5.05. The predicted octanol–water partition coefficient (Wildman–Crippen LogP) is 3.09. The normalized spacial score (nSPS) is 11.2. The summed E-state index contributed by atoms with van der Waals surface area (Å²) in [7, 11) is 2.01. The lowest BCUT2D eigenvalue weighted by Gasteiger charge is -2.05. The minimum atomic E-state index is 0.845. The molecule has 20 heavy (non-hydrogen) atoms. The van der Waals surface area contributed by atoms with Crippen LogP contribution >= 0.6 is 15.9 Å². The third-order valence-corrected chi connectivity index (χ3v) is 4.32. The van der Waals surface area contributed by atoms with E-state index in [0.717, 1.165) is 36.2 Å². The SMILES string of the molecule is CCCNCc1ccn(Cc2c(Br)c(CC)nn2C)c1. The molecule has 2 aromatic rings. The van der Waals surface area contributed by atoms with E-state index in [4.69, 9.17) is 0 Å². The quantitative estimate of drug-likeness (QED) is 0.787. The highest BCUT2D eigenvalue weighted by molar-refractivity contribution is 9.10. The van der Waals surface area contributed by atoms with Crippen molar-refractivity contribution in [1.29, 1.82) is 0 Å². The van der Waals surface area contributed by atoms with Gasteiger partial charge < -0.3 is 9.88 Å². The summed E-state index contributed by atoms with van der Waals surface area (Å²) >= 11 is 3.67. The molecule has 4 nitrogen and oxygen atoms in total. The van der Waals surface area contributed by atoms with Crippen molar-refractivity contribution in [3.05, 3.63) is 39.9 Å². The van der Waals surface area contributed by atoms with Crippen molar-refractivity contribution in [2.45, 2.75) is 39.8 Å². The average molecular weight is 339 g/mol. The molecule has 0 aliphatic rings. The van der Waals surface area contributed by atoms with Gasteiger partial charge in [-0.25, -0.2) is 0 Å². The number of nitrogens with one attached hydrogen (secondary N) is 1. The molecule has 1 N–H and O–H groups in total. The first-order valence-electron chi connectivity index (χ1n) is 7.21. The van der Waals surface area contributed by atoms with Gasteiger partial charge in [0.05, 0.1) is 22.4 Å². The van der Waals surface area contributed by atoms with E-state index < -0.39 is 0 Å². The van der Waals surface area contributed by atoms with Crippen LogP contribution in [0.1, 0.15) is 37.2 Å². The van der Waals surface area contributed by atoms with Gasteiger partial charge in [-0.2, -0.15) is 5.10 Å². The summed E-state index contributed by atoms with van der Waals surface area (Å²) in [6.07, 6.45) is 6.45. The molecule has 0 radical (unpaired) electrons. The maximum atomic E-state index is 4.54. The van der Waals surface area contributed by atoms with Crippen LogP contribution in [0.25, 0.3) is 0 Å². The Hall–Kier alpha value is -1.07. The first-order valence-corrected chi connectivity index (χ1v) is 8.00. The van der Waals surface area contributed by atoms with Crippen LogP contribution < -0.4 is 5.32 Å². The number of aromatic nitrogens is 3. The van der Waals surface area contributed by atoms with E-state index in [1.807, 2.05) is 11.7 Å². The van der Waals surface area contributed by atoms with Crippen molar-refractivity contribution in [1.82, 2.24) is 19.7 Å². The Morgan fingerprint density at radius 1 is 1.35 bits per heavy atom. The van der Waals surface area contributed by atoms with E-state index in [-0.39, 0.29) is 0 Å². The van der Waals surface area contributed by atoms with Crippen molar-refractivity contribution < 1.29 is 0 Å². The zero-order valence-electron chi connectivity index (χ0n) is 12.5. The van der Waals surface area contributed by atoms with Crippen molar-refractivity contribution in [3.63, 3.8) is 0 Å². The van der Waals surface area contributed by atoms with Gasteiger partial charge in [-0.3, -0.25) is 4.68 Å². The largest absolute Gasteiger partial charge is 0.348 e. The number of hydrogen-bond donors (Lipinski definition) is 1. The second kappa shape index (κ2) is 7.09. The van der Waals surface area contributed by atoms with Gasteiger partial charge in [0.1, 0.15) is 0 Å². The molecule has 0 aliphatic heterocycles. The van der Waals surface area contributed by atoms with Crippen LogP contribution in [0.5, 0.6) is 0 Å². The van der Waals surface area contributed by atoms with Gasteiger partial charge in [0, 0.05) is 26.0 Å². The lowest BCUT2D eigenvalue weighted by molar-refractivity contribution is 0.654. The van der Waals surface area contributed by atoms with E-state index in [1.54, 1.807) is 0 Å². The number of nitrogens with zero attached hydrogens (tertiary/aromatic N) is 3. The zero-order valence-corrected chi connectivity index (χ0v) is 14.1. The highest BCUT2D eigenvalue weighted by Crippen LogP contribution is 2.22. The molecule has 0 saturated carbocycles. The van der Waals surface area contributed by atoms with Gasteiger partial charge in [-0.1, -0.05) is 13.8 Å². The van der Waals surface area contributed by atoms with Crippen molar-refractivity contribution >= 4 is 15.9 Å². The van der Waals surface area contributed by atoms with Crippen molar-refractivity contribution in [2.24, 2.45) is 7.05 Å². The van der Waals surface area contributed by atoms with Crippen LogP contribution in [0.2, 0.25) is 0 Å². The Bertz CT molecular complexity index is 556. The van der Waals surface area contributed by atoms with Crippen LogP contribution in [0.3, 0.4) is 0 Å². The third kappa shape index (κ3) is 3.52. The summed E-state index contributed by atoms with van der Waals surface area (Å²) in [5, 5.41) is 7.96. The van der Waals surface area contributed by atoms with Crippen molar-refractivity contribution in [2.75, 3.05) is 6.54 Å². The maximum Gasteiger partial charge on any atom is 0.0767 e. The molecule has 0 saturated heterocycles. The molecule has 5 heteroatoms. The molecule has 0 unspecified atom stereocenters. The topological polar surface area (TPSA) is 34.8 Å². The Morgan fingerprint density at radius 2 is 2.15 bits per heavy atom. The Kier molecular flexibility index (Phi) is 5.43. The summed E-state index contributed by atoms with van der Waals surface area (Å²) in [4.78, 5) is 0. The van der Waals surface area contributed by atoms with E-state index in [2.05, 4.69) is 63.2 Å². The molecule has 0 amide bonds. The maximum absolute atomic E-state index is 4.54. The van der Waals surface area contributed by atoms with Gasteiger partial charge in [-0.05, 0) is 46.9 Å². The molecule has 0 aliphatic carbocycles. The lowest BCUT2D eigenvalue weighted by Crippen LogP contribution is -2.13. The molecular weight excluding hydrogens is 316 g/mol. The molecule has 2 rings (SSSR count). The monoisotopic (exact) mass is 338 g/mol. The molecule has 2 heterocycles. The number of halogens is 1. The Morgan fingerprint density at radius 3 is 2.80 bits per heavy atom. The van der Waals surface area contributed by atoms with Crippen molar-refractivity contribution in [3.8, 4) is 0 Å². The van der Waals surface area contributed by atoms with E-state index >= 15 is 0 Å². The van der Waals surface area contributed by atoms with Gasteiger partial charge in [-0.15, -0.1) is 0 Å². The smallest absolute Gasteiger partial charge is 0.0767 e. The van der Waals surface area contributed by atoms with E-state index in [0.29, 0.717) is 0 Å². The van der Waals surface area contributed by atoms with E-state index in [1.165, 1.54) is 17.7 Å².